The molecule has 0 spiro atoms. The van der Waals surface area contributed by atoms with E-state index in [2.05, 4.69) is 19.4 Å². The van der Waals surface area contributed by atoms with E-state index in [1.165, 1.54) is 12.1 Å². The number of nitrogens with zero attached hydrogens (tertiary/aromatic N) is 7. The zero-order valence-corrected chi connectivity index (χ0v) is 22.8. The first-order valence-corrected chi connectivity index (χ1v) is 13.7. The molecule has 1 N–H and O–H groups in total. The van der Waals surface area contributed by atoms with Crippen LogP contribution < -0.4 is 0 Å². The molecule has 42 heavy (non-hydrogen) atoms. The van der Waals surface area contributed by atoms with Crippen LogP contribution in [0.3, 0.4) is 0 Å². The maximum absolute atomic E-state index is 13.7. The zero-order chi connectivity index (χ0) is 29.4. The van der Waals surface area contributed by atoms with Crippen LogP contribution in [0.1, 0.15) is 41.9 Å². The van der Waals surface area contributed by atoms with Crippen molar-refractivity contribution in [2.24, 2.45) is 0 Å². The Kier molecular flexibility index (Phi) is 7.56. The summed E-state index contributed by atoms with van der Waals surface area (Å²) in [6, 6.07) is 11.7. The lowest BCUT2D eigenvalue weighted by molar-refractivity contribution is 0.0990. The summed E-state index contributed by atoms with van der Waals surface area (Å²) < 4.78 is 44.4. The summed E-state index contributed by atoms with van der Waals surface area (Å²) in [6.07, 6.45) is 4.54. The highest BCUT2D eigenvalue weighted by Gasteiger charge is 2.26. The Labute approximate surface area is 239 Å². The zero-order valence-electron chi connectivity index (χ0n) is 22.8. The third-order valence-electron chi connectivity index (χ3n) is 7.42. The molecule has 1 aromatic carbocycles. The quantitative estimate of drug-likeness (QED) is 0.215. The molecule has 4 aromatic heterocycles. The molecule has 5 heterocycles. The predicted molar refractivity (Wildman–Crippen MR) is 148 cm³/mol. The Hall–Kier alpha value is -4.42. The van der Waals surface area contributed by atoms with Gasteiger partial charge in [0.15, 0.2) is 11.4 Å². The summed E-state index contributed by atoms with van der Waals surface area (Å²) in [5.41, 5.74) is 3.54. The summed E-state index contributed by atoms with van der Waals surface area (Å²) >= 11 is 0. The van der Waals surface area contributed by atoms with Crippen LogP contribution >= 0.6 is 0 Å². The van der Waals surface area contributed by atoms with E-state index in [-0.39, 0.29) is 23.8 Å². The minimum Gasteiger partial charge on any atom is -0.392 e. The molecule has 0 radical (unpaired) electrons. The van der Waals surface area contributed by atoms with Crippen LogP contribution in [0, 0.1) is 17.7 Å². The van der Waals surface area contributed by atoms with E-state index in [1.807, 2.05) is 6.07 Å². The lowest BCUT2D eigenvalue weighted by Gasteiger charge is -2.33. The maximum atomic E-state index is 13.7. The number of hydrogen-bond acceptors (Lipinski definition) is 7. The molecular formula is C30H28F3N7O2. The Morgan fingerprint density at radius 3 is 2.43 bits per heavy atom. The smallest absolute Gasteiger partial charge is 0.216 e. The second-order valence-corrected chi connectivity index (χ2v) is 10.6. The van der Waals surface area contributed by atoms with Crippen molar-refractivity contribution in [1.29, 1.82) is 0 Å². The second-order valence-electron chi connectivity index (χ2n) is 10.6. The fourth-order valence-corrected chi connectivity index (χ4v) is 5.50. The number of pyridine rings is 1. The number of fused-ring (bicyclic) bond motifs is 1. The molecule has 0 aliphatic carbocycles. The van der Waals surface area contributed by atoms with Crippen molar-refractivity contribution in [2.45, 2.75) is 38.3 Å². The summed E-state index contributed by atoms with van der Waals surface area (Å²) in [6.45, 7) is 4.07. The third-order valence-corrected chi connectivity index (χ3v) is 7.42. The Bertz CT molecular complexity index is 1720. The first-order chi connectivity index (χ1) is 20.2. The Balaban J connectivity index is 1.33. The van der Waals surface area contributed by atoms with Crippen LogP contribution in [0.5, 0.6) is 0 Å². The molecule has 1 aliphatic rings. The minimum absolute atomic E-state index is 0.127. The number of halogens is 3. The first-order valence-electron chi connectivity index (χ1n) is 13.7. The van der Waals surface area contributed by atoms with E-state index in [0.717, 1.165) is 49.3 Å². The summed E-state index contributed by atoms with van der Waals surface area (Å²) in [5.74, 6) is -2.98. The summed E-state index contributed by atoms with van der Waals surface area (Å²) in [5, 5.41) is 14.6. The Morgan fingerprint density at radius 2 is 1.74 bits per heavy atom. The van der Waals surface area contributed by atoms with Gasteiger partial charge in [-0.2, -0.15) is 18.9 Å². The number of aliphatic hydroxyl groups is 1. The van der Waals surface area contributed by atoms with Gasteiger partial charge in [-0.25, -0.2) is 18.9 Å². The normalized spacial score (nSPS) is 15.4. The standard InChI is InChI=1S/C30H28F3N7O2/c1-18(41)15-38-10-8-23(9-11-38)39-17-34-29(19-2-4-21(31)5-3-19)30(39)24-6-7-28-35-22(16-40(28)37-24)14-25(42)20-12-26(32)36-27(33)13-20/h2-7,12-13,16-18,23,41H,8-11,14-15H2,1H3/t18-/m1/s1. The van der Waals surface area contributed by atoms with Gasteiger partial charge in [0.2, 0.25) is 11.9 Å². The molecule has 9 nitrogen and oxygen atoms in total. The number of β-amino-alcohol motifs (C(OH)–C–C–N with tert-alkyl or cyclic N) is 1. The molecule has 1 atom stereocenters. The molecule has 1 aliphatic heterocycles. The number of benzene rings is 1. The van der Waals surface area contributed by atoms with Crippen molar-refractivity contribution in [2.75, 3.05) is 19.6 Å². The van der Waals surface area contributed by atoms with Crippen molar-refractivity contribution in [3.63, 3.8) is 0 Å². The fraction of sp³-hybridized carbons (Fsp3) is 0.300. The van der Waals surface area contributed by atoms with Gasteiger partial charge in [-0.05, 0) is 56.2 Å². The van der Waals surface area contributed by atoms with Gasteiger partial charge in [-0.1, -0.05) is 0 Å². The molecule has 0 saturated carbocycles. The second kappa shape index (κ2) is 11.5. The molecule has 6 rings (SSSR count). The number of imidazole rings is 2. The molecular weight excluding hydrogens is 547 g/mol. The van der Waals surface area contributed by atoms with Gasteiger partial charge >= 0.3 is 0 Å². The molecule has 1 fully saturated rings. The van der Waals surface area contributed by atoms with Gasteiger partial charge in [0.25, 0.3) is 0 Å². The number of hydrogen-bond donors (Lipinski definition) is 1. The number of carbonyl (C=O) groups excluding carboxylic acids is 1. The van der Waals surface area contributed by atoms with Gasteiger partial charge in [0.05, 0.1) is 42.1 Å². The SMILES string of the molecule is C[C@@H](O)CN1CCC(n2cnc(-c3ccc(F)cc3)c2-c2ccc3nc(CC(=O)c4cc(F)nc(F)c4)cn3n2)CC1. The van der Waals surface area contributed by atoms with Gasteiger partial charge in [-0.3, -0.25) is 4.79 Å². The van der Waals surface area contributed by atoms with E-state index in [9.17, 15) is 23.1 Å². The number of rotatable bonds is 8. The monoisotopic (exact) mass is 575 g/mol. The molecule has 0 amide bonds. The van der Waals surface area contributed by atoms with Crippen molar-refractivity contribution in [1.82, 2.24) is 34.0 Å². The van der Waals surface area contributed by atoms with Crippen LogP contribution in [0.4, 0.5) is 13.2 Å². The van der Waals surface area contributed by atoms with Crippen molar-refractivity contribution in [3.8, 4) is 22.6 Å². The van der Waals surface area contributed by atoms with Crippen molar-refractivity contribution in [3.05, 3.63) is 90.0 Å². The summed E-state index contributed by atoms with van der Waals surface area (Å²) in [7, 11) is 0. The lowest BCUT2D eigenvalue weighted by Crippen LogP contribution is -2.38. The van der Waals surface area contributed by atoms with E-state index < -0.39 is 23.8 Å². The van der Waals surface area contributed by atoms with E-state index in [0.29, 0.717) is 29.3 Å². The minimum atomic E-state index is -1.07. The molecule has 1 saturated heterocycles. The molecule has 0 bridgehead atoms. The average Bonchev–Trinajstić information content (AvgIpc) is 3.57. The lowest BCUT2D eigenvalue weighted by atomic mass is 10.0. The number of aliphatic hydroxyl groups excluding tert-OH is 1. The highest BCUT2D eigenvalue weighted by atomic mass is 19.1. The maximum Gasteiger partial charge on any atom is 0.216 e. The highest BCUT2D eigenvalue weighted by molar-refractivity contribution is 5.97. The molecule has 0 unspecified atom stereocenters. The number of ketones is 1. The van der Waals surface area contributed by atoms with Crippen LogP contribution in [0.25, 0.3) is 28.3 Å². The van der Waals surface area contributed by atoms with Crippen molar-refractivity contribution < 1.29 is 23.1 Å². The highest BCUT2D eigenvalue weighted by Crippen LogP contribution is 2.35. The van der Waals surface area contributed by atoms with Gasteiger partial charge < -0.3 is 14.6 Å². The van der Waals surface area contributed by atoms with E-state index in [1.54, 1.807) is 42.2 Å². The topological polar surface area (TPSA) is 101 Å². The van der Waals surface area contributed by atoms with E-state index >= 15 is 0 Å². The van der Waals surface area contributed by atoms with Crippen LogP contribution in [0.2, 0.25) is 0 Å². The Morgan fingerprint density at radius 1 is 1.02 bits per heavy atom. The molecule has 216 valence electrons. The largest absolute Gasteiger partial charge is 0.392 e. The van der Waals surface area contributed by atoms with Gasteiger partial charge in [-0.15, -0.1) is 0 Å². The fourth-order valence-electron chi connectivity index (χ4n) is 5.50. The van der Waals surface area contributed by atoms with Gasteiger partial charge in [0, 0.05) is 48.9 Å². The average molecular weight is 576 g/mol. The first kappa shape index (κ1) is 27.7. The molecule has 5 aromatic rings. The number of piperidine rings is 1. The van der Waals surface area contributed by atoms with Crippen LogP contribution in [-0.2, 0) is 6.42 Å². The number of aromatic nitrogens is 6. The van der Waals surface area contributed by atoms with Gasteiger partial charge in [0.1, 0.15) is 11.5 Å². The summed E-state index contributed by atoms with van der Waals surface area (Å²) in [4.78, 5) is 27.1. The predicted octanol–water partition coefficient (Wildman–Crippen LogP) is 4.52. The van der Waals surface area contributed by atoms with Crippen LogP contribution in [0.15, 0.2) is 61.1 Å². The number of Topliss-reactive ketones (excluding diaryl/α,β-unsaturated/α-hetero) is 1. The molecule has 12 heteroatoms. The number of likely N-dealkylation sites (tertiary alicyclic amines) is 1. The van der Waals surface area contributed by atoms with E-state index in [4.69, 9.17) is 10.1 Å². The third kappa shape index (κ3) is 5.81. The van der Waals surface area contributed by atoms with Crippen molar-refractivity contribution >= 4 is 11.4 Å². The number of carbonyl (C=O) groups is 1. The van der Waals surface area contributed by atoms with Crippen LogP contribution in [-0.4, -0.2) is 70.7 Å².